The third-order valence-corrected chi connectivity index (χ3v) is 4.34. The fourth-order valence-corrected chi connectivity index (χ4v) is 2.97. The second-order valence-electron chi connectivity index (χ2n) is 4.61. The minimum absolute atomic E-state index is 0.374. The third-order valence-electron chi connectivity index (χ3n) is 3.28. The van der Waals surface area contributed by atoms with Gasteiger partial charge >= 0.3 is 0 Å². The predicted molar refractivity (Wildman–Crippen MR) is 81.3 cm³/mol. The van der Waals surface area contributed by atoms with Crippen LogP contribution in [0.25, 0.3) is 10.9 Å². The van der Waals surface area contributed by atoms with Crippen LogP contribution < -0.4 is 5.32 Å². The maximum absolute atomic E-state index is 4.48. The van der Waals surface area contributed by atoms with Crippen molar-refractivity contribution in [1.82, 2.24) is 10.3 Å². The monoisotopic (exact) mass is 268 g/mol. The number of aromatic nitrogens is 1. The van der Waals surface area contributed by atoms with E-state index in [-0.39, 0.29) is 0 Å². The van der Waals surface area contributed by atoms with Gasteiger partial charge in [-0.3, -0.25) is 4.98 Å². The van der Waals surface area contributed by atoms with Crippen molar-refractivity contribution >= 4 is 22.2 Å². The Morgan fingerprint density at radius 3 is 2.89 bits per heavy atom. The van der Waals surface area contributed by atoms with E-state index in [0.717, 1.165) is 12.1 Å². The third kappa shape index (κ3) is 2.67. The van der Waals surface area contributed by atoms with E-state index in [9.17, 15) is 0 Å². The molecule has 0 aliphatic carbocycles. The Labute approximate surface area is 117 Å². The van der Waals surface area contributed by atoms with Gasteiger partial charge in [-0.2, -0.15) is 0 Å². The van der Waals surface area contributed by atoms with Crippen molar-refractivity contribution in [2.75, 3.05) is 0 Å². The number of benzene rings is 1. The zero-order chi connectivity index (χ0) is 13.1. The lowest BCUT2D eigenvalue weighted by molar-refractivity contribution is 0.584. The van der Waals surface area contributed by atoms with Crippen LogP contribution in [0.5, 0.6) is 0 Å². The van der Waals surface area contributed by atoms with Gasteiger partial charge in [-0.1, -0.05) is 30.3 Å². The molecule has 0 unspecified atom stereocenters. The van der Waals surface area contributed by atoms with Gasteiger partial charge in [0.1, 0.15) is 0 Å². The molecule has 19 heavy (non-hydrogen) atoms. The fraction of sp³-hybridized carbons (Fsp3) is 0.188. The van der Waals surface area contributed by atoms with E-state index in [1.165, 1.54) is 15.8 Å². The summed E-state index contributed by atoms with van der Waals surface area (Å²) in [6.07, 6.45) is 1.86. The fourth-order valence-electron chi connectivity index (χ4n) is 2.21. The van der Waals surface area contributed by atoms with Gasteiger partial charge < -0.3 is 5.32 Å². The number of hydrogen-bond acceptors (Lipinski definition) is 3. The van der Waals surface area contributed by atoms with E-state index in [4.69, 9.17) is 0 Å². The first-order valence-corrected chi connectivity index (χ1v) is 7.32. The Morgan fingerprint density at radius 1 is 1.16 bits per heavy atom. The molecule has 1 N–H and O–H groups in total. The van der Waals surface area contributed by atoms with Crippen molar-refractivity contribution in [2.45, 2.75) is 19.5 Å². The first-order valence-electron chi connectivity index (χ1n) is 6.44. The Bertz CT molecular complexity index is 656. The molecule has 3 rings (SSSR count). The molecule has 1 atom stereocenters. The molecule has 96 valence electrons. The van der Waals surface area contributed by atoms with Crippen LogP contribution in [0.2, 0.25) is 0 Å². The van der Waals surface area contributed by atoms with E-state index in [1.807, 2.05) is 12.3 Å². The summed E-state index contributed by atoms with van der Waals surface area (Å²) in [5.41, 5.74) is 2.34. The standard InChI is InChI=1S/C16H16N2S/c1-12(15-8-4-10-19-15)18-11-14-6-2-5-13-7-3-9-17-16(13)14/h2-10,12,18H,11H2,1H3/t12-/m0/s1. The molecular formula is C16H16N2S. The number of nitrogens with one attached hydrogen (secondary N) is 1. The van der Waals surface area contributed by atoms with Crippen LogP contribution in [0, 0.1) is 0 Å². The SMILES string of the molecule is C[C@H](NCc1cccc2cccnc12)c1cccs1. The summed E-state index contributed by atoms with van der Waals surface area (Å²) >= 11 is 1.79. The van der Waals surface area contributed by atoms with Crippen LogP contribution in [0.1, 0.15) is 23.4 Å². The highest BCUT2D eigenvalue weighted by molar-refractivity contribution is 7.10. The van der Waals surface area contributed by atoms with Crippen molar-refractivity contribution in [1.29, 1.82) is 0 Å². The van der Waals surface area contributed by atoms with Gasteiger partial charge in [0.15, 0.2) is 0 Å². The van der Waals surface area contributed by atoms with Crippen molar-refractivity contribution in [3.8, 4) is 0 Å². The Balaban J connectivity index is 1.79. The molecule has 2 nitrogen and oxygen atoms in total. The summed E-state index contributed by atoms with van der Waals surface area (Å²) in [7, 11) is 0. The molecule has 1 aromatic carbocycles. The maximum Gasteiger partial charge on any atom is 0.0746 e. The van der Waals surface area contributed by atoms with Crippen molar-refractivity contribution in [2.24, 2.45) is 0 Å². The lowest BCUT2D eigenvalue weighted by atomic mass is 10.1. The number of pyridine rings is 1. The number of rotatable bonds is 4. The molecule has 0 saturated heterocycles. The average molecular weight is 268 g/mol. The van der Waals surface area contributed by atoms with Gasteiger partial charge in [0, 0.05) is 29.0 Å². The lowest BCUT2D eigenvalue weighted by Gasteiger charge is -2.13. The number of fused-ring (bicyclic) bond motifs is 1. The predicted octanol–water partition coefficient (Wildman–Crippen LogP) is 4.15. The zero-order valence-electron chi connectivity index (χ0n) is 10.8. The molecule has 0 saturated carbocycles. The lowest BCUT2D eigenvalue weighted by Crippen LogP contribution is -2.17. The van der Waals surface area contributed by atoms with E-state index < -0.39 is 0 Å². The Hall–Kier alpha value is -1.71. The number of para-hydroxylation sites is 1. The molecule has 3 heteroatoms. The van der Waals surface area contributed by atoms with Gasteiger partial charge in [-0.15, -0.1) is 11.3 Å². The number of hydrogen-bond donors (Lipinski definition) is 1. The zero-order valence-corrected chi connectivity index (χ0v) is 11.7. The van der Waals surface area contributed by atoms with Crippen LogP contribution in [-0.4, -0.2) is 4.98 Å². The summed E-state index contributed by atoms with van der Waals surface area (Å²) in [6.45, 7) is 3.04. The highest BCUT2D eigenvalue weighted by atomic mass is 32.1. The molecule has 0 aliphatic rings. The minimum Gasteiger partial charge on any atom is -0.305 e. The van der Waals surface area contributed by atoms with E-state index in [1.54, 1.807) is 11.3 Å². The van der Waals surface area contributed by atoms with Crippen LogP contribution in [-0.2, 0) is 6.54 Å². The first kappa shape index (κ1) is 12.3. The summed E-state index contributed by atoms with van der Waals surface area (Å²) in [5, 5.41) is 6.88. The topological polar surface area (TPSA) is 24.9 Å². The number of thiophene rings is 1. The van der Waals surface area contributed by atoms with Gasteiger partial charge in [-0.25, -0.2) is 0 Å². The quantitative estimate of drug-likeness (QED) is 0.769. The molecular weight excluding hydrogens is 252 g/mol. The highest BCUT2D eigenvalue weighted by Gasteiger charge is 2.07. The Morgan fingerprint density at radius 2 is 2.05 bits per heavy atom. The number of nitrogens with zero attached hydrogens (tertiary/aromatic N) is 1. The molecule has 3 aromatic rings. The van der Waals surface area contributed by atoms with Crippen LogP contribution in [0.15, 0.2) is 54.0 Å². The molecule has 2 aromatic heterocycles. The molecule has 0 fully saturated rings. The normalized spacial score (nSPS) is 12.7. The summed E-state index contributed by atoms with van der Waals surface area (Å²) in [4.78, 5) is 5.85. The van der Waals surface area contributed by atoms with E-state index >= 15 is 0 Å². The second kappa shape index (κ2) is 5.51. The average Bonchev–Trinajstić information content (AvgIpc) is 2.99. The summed E-state index contributed by atoms with van der Waals surface area (Å²) in [6, 6.07) is 15.1. The first-order chi connectivity index (χ1) is 9.34. The molecule has 2 heterocycles. The molecule has 0 radical (unpaired) electrons. The van der Waals surface area contributed by atoms with Gasteiger partial charge in [0.2, 0.25) is 0 Å². The van der Waals surface area contributed by atoms with Crippen molar-refractivity contribution in [3.63, 3.8) is 0 Å². The highest BCUT2D eigenvalue weighted by Crippen LogP contribution is 2.20. The maximum atomic E-state index is 4.48. The van der Waals surface area contributed by atoms with E-state index in [2.05, 4.69) is 59.0 Å². The molecule has 0 amide bonds. The van der Waals surface area contributed by atoms with Crippen molar-refractivity contribution in [3.05, 3.63) is 64.5 Å². The van der Waals surface area contributed by atoms with E-state index in [0.29, 0.717) is 6.04 Å². The van der Waals surface area contributed by atoms with Gasteiger partial charge in [0.25, 0.3) is 0 Å². The Kier molecular flexibility index (Phi) is 3.58. The molecule has 0 bridgehead atoms. The second-order valence-corrected chi connectivity index (χ2v) is 5.59. The van der Waals surface area contributed by atoms with Gasteiger partial charge in [0.05, 0.1) is 5.52 Å². The van der Waals surface area contributed by atoms with Gasteiger partial charge in [-0.05, 0) is 30.0 Å². The van der Waals surface area contributed by atoms with Crippen molar-refractivity contribution < 1.29 is 0 Å². The summed E-state index contributed by atoms with van der Waals surface area (Å²) < 4.78 is 0. The molecule has 0 aliphatic heterocycles. The van der Waals surface area contributed by atoms with Crippen LogP contribution in [0.3, 0.4) is 0 Å². The van der Waals surface area contributed by atoms with Crippen LogP contribution >= 0.6 is 11.3 Å². The summed E-state index contributed by atoms with van der Waals surface area (Å²) in [5.74, 6) is 0. The minimum atomic E-state index is 0.374. The smallest absolute Gasteiger partial charge is 0.0746 e. The molecule has 0 spiro atoms. The largest absolute Gasteiger partial charge is 0.305 e. The van der Waals surface area contributed by atoms with Crippen LogP contribution in [0.4, 0.5) is 0 Å².